The second kappa shape index (κ2) is 11.8. The van der Waals surface area contributed by atoms with Gasteiger partial charge in [0.05, 0.1) is 6.61 Å². The van der Waals surface area contributed by atoms with Gasteiger partial charge in [-0.25, -0.2) is 4.79 Å². The highest BCUT2D eigenvalue weighted by molar-refractivity contribution is 6.07. The summed E-state index contributed by atoms with van der Waals surface area (Å²) in [5.41, 5.74) is -7.05. The molecule has 236 valence electrons. The maximum Gasteiger partial charge on any atom is 0.430 e. The van der Waals surface area contributed by atoms with Crippen LogP contribution in [0.3, 0.4) is 0 Å². The van der Waals surface area contributed by atoms with Crippen LogP contribution in [0.15, 0.2) is 36.4 Å². The zero-order chi connectivity index (χ0) is 31.8. The van der Waals surface area contributed by atoms with Crippen molar-refractivity contribution in [3.05, 3.63) is 53.1 Å². The van der Waals surface area contributed by atoms with Crippen molar-refractivity contribution in [3.63, 3.8) is 0 Å². The van der Waals surface area contributed by atoms with Gasteiger partial charge in [0.25, 0.3) is 11.5 Å². The van der Waals surface area contributed by atoms with Gasteiger partial charge in [-0.05, 0) is 67.0 Å². The third-order valence-corrected chi connectivity index (χ3v) is 7.53. The molecular formula is C29H32F6N2O6. The number of hydrogen-bond donors (Lipinski definition) is 2. The summed E-state index contributed by atoms with van der Waals surface area (Å²) in [6.45, 7) is 5.35. The number of aliphatic hydroxyl groups is 1. The molecule has 2 heterocycles. The molecule has 0 aliphatic carbocycles. The van der Waals surface area contributed by atoms with Crippen molar-refractivity contribution in [3.8, 4) is 17.2 Å². The van der Waals surface area contributed by atoms with Gasteiger partial charge in [-0.1, -0.05) is 32.9 Å². The van der Waals surface area contributed by atoms with Crippen LogP contribution in [0.4, 0.5) is 31.1 Å². The topological polar surface area (TPSA) is 97.3 Å². The summed E-state index contributed by atoms with van der Waals surface area (Å²) < 4.78 is 96.8. The lowest BCUT2D eigenvalue weighted by Crippen LogP contribution is -2.53. The van der Waals surface area contributed by atoms with E-state index in [2.05, 4.69) is 5.32 Å². The van der Waals surface area contributed by atoms with E-state index in [9.17, 15) is 41.0 Å². The van der Waals surface area contributed by atoms with E-state index in [0.717, 1.165) is 11.0 Å². The Kier molecular flexibility index (Phi) is 8.83. The van der Waals surface area contributed by atoms with Gasteiger partial charge in [0.1, 0.15) is 11.3 Å². The van der Waals surface area contributed by atoms with Gasteiger partial charge in [-0.3, -0.25) is 9.69 Å². The van der Waals surface area contributed by atoms with Crippen LogP contribution in [0.5, 0.6) is 17.2 Å². The molecule has 0 spiro atoms. The van der Waals surface area contributed by atoms with Gasteiger partial charge in [-0.15, -0.1) is 0 Å². The van der Waals surface area contributed by atoms with Crippen molar-refractivity contribution >= 4 is 11.9 Å². The Morgan fingerprint density at radius 3 is 2.30 bits per heavy atom. The molecule has 14 heteroatoms. The van der Waals surface area contributed by atoms with Crippen molar-refractivity contribution in [2.24, 2.45) is 5.92 Å². The number of unbranched alkanes of at least 4 members (excludes halogenated alkanes) is 1. The van der Waals surface area contributed by atoms with Gasteiger partial charge < -0.3 is 24.6 Å². The van der Waals surface area contributed by atoms with Gasteiger partial charge in [0.2, 0.25) is 6.79 Å². The zero-order valence-corrected chi connectivity index (χ0v) is 23.7. The Morgan fingerprint density at radius 1 is 1.00 bits per heavy atom. The predicted molar refractivity (Wildman–Crippen MR) is 140 cm³/mol. The summed E-state index contributed by atoms with van der Waals surface area (Å²) in [4.78, 5) is 27.3. The third kappa shape index (κ3) is 5.93. The predicted octanol–water partition coefficient (Wildman–Crippen LogP) is 5.94. The fourth-order valence-electron chi connectivity index (χ4n) is 5.22. The Morgan fingerprint density at radius 2 is 1.67 bits per heavy atom. The lowest BCUT2D eigenvalue weighted by molar-refractivity contribution is -0.376. The Hall–Kier alpha value is -3.68. The van der Waals surface area contributed by atoms with Gasteiger partial charge >= 0.3 is 18.4 Å². The molecule has 43 heavy (non-hydrogen) atoms. The standard InChI is InChI=1S/C29H32F6N2O6/c1-4-26(19-7-10-22-23(15-19)43-16-42-22)24(38)37(25(39)36-26)11-5-6-12-41-21-9-8-20(14-18(21)13-17(2)3)27(40,28(30,31)32)29(33,34)35/h7-10,14-15,17,40H,4-6,11-13,16H2,1-3H3,(H,36,39). The SMILES string of the molecule is CCC1(c2ccc3c(c2)OCO3)NC(=O)N(CCCCOc2ccc(C(O)(C(F)(F)F)C(F)(F)F)cc2CC(C)C)C1=O. The van der Waals surface area contributed by atoms with E-state index in [1.54, 1.807) is 39.0 Å². The first-order valence-corrected chi connectivity index (χ1v) is 13.7. The molecule has 1 saturated heterocycles. The van der Waals surface area contributed by atoms with E-state index in [1.165, 1.54) is 0 Å². The molecule has 2 N–H and O–H groups in total. The second-order valence-corrected chi connectivity index (χ2v) is 10.9. The number of nitrogens with one attached hydrogen (secondary N) is 1. The lowest BCUT2D eigenvalue weighted by Gasteiger charge is -2.33. The maximum absolute atomic E-state index is 13.4. The van der Waals surface area contributed by atoms with Gasteiger partial charge in [-0.2, -0.15) is 26.3 Å². The summed E-state index contributed by atoms with van der Waals surface area (Å²) in [7, 11) is 0. The van der Waals surface area contributed by atoms with E-state index < -0.39 is 41.0 Å². The van der Waals surface area contributed by atoms with Crippen LogP contribution in [0.25, 0.3) is 0 Å². The average Bonchev–Trinajstić information content (AvgIpc) is 3.49. The van der Waals surface area contributed by atoms with Crippen LogP contribution in [0.2, 0.25) is 0 Å². The number of carbonyl (C=O) groups excluding carboxylic acids is 2. The van der Waals surface area contributed by atoms with Gasteiger partial charge in [0, 0.05) is 12.1 Å². The van der Waals surface area contributed by atoms with E-state index in [1.807, 2.05) is 0 Å². The number of halogens is 6. The van der Waals surface area contributed by atoms with Crippen molar-refractivity contribution < 1.29 is 55.2 Å². The fraction of sp³-hybridized carbons (Fsp3) is 0.517. The molecule has 8 nitrogen and oxygen atoms in total. The number of amides is 3. The number of nitrogens with zero attached hydrogens (tertiary/aromatic N) is 1. The number of hydrogen-bond acceptors (Lipinski definition) is 6. The molecule has 1 unspecified atom stereocenters. The second-order valence-electron chi connectivity index (χ2n) is 10.9. The molecule has 2 aromatic carbocycles. The minimum Gasteiger partial charge on any atom is -0.493 e. The maximum atomic E-state index is 13.4. The molecule has 2 aromatic rings. The molecule has 0 bridgehead atoms. The Bertz CT molecular complexity index is 1350. The molecule has 2 aliphatic heterocycles. The van der Waals surface area contributed by atoms with Crippen molar-refractivity contribution in [2.45, 2.75) is 69.9 Å². The summed E-state index contributed by atoms with van der Waals surface area (Å²) in [5, 5.41) is 12.6. The van der Waals surface area contributed by atoms with Crippen molar-refractivity contribution in [1.82, 2.24) is 10.2 Å². The lowest BCUT2D eigenvalue weighted by atomic mass is 9.87. The molecule has 4 rings (SSSR count). The number of carbonyl (C=O) groups is 2. The highest BCUT2D eigenvalue weighted by atomic mass is 19.4. The van der Waals surface area contributed by atoms with Crippen LogP contribution < -0.4 is 19.5 Å². The highest BCUT2D eigenvalue weighted by Crippen LogP contribution is 2.50. The number of fused-ring (bicyclic) bond motifs is 1. The number of urea groups is 1. The van der Waals surface area contributed by atoms with Crippen LogP contribution in [0.1, 0.15) is 56.7 Å². The summed E-state index contributed by atoms with van der Waals surface area (Å²) in [5.74, 6) is 0.495. The Balaban J connectivity index is 1.41. The minimum atomic E-state index is -6.00. The molecule has 3 amide bonds. The molecule has 0 radical (unpaired) electrons. The van der Waals surface area contributed by atoms with Crippen LogP contribution in [-0.4, -0.2) is 54.2 Å². The van der Waals surface area contributed by atoms with E-state index in [0.29, 0.717) is 42.0 Å². The molecule has 0 aromatic heterocycles. The first-order valence-electron chi connectivity index (χ1n) is 13.7. The van der Waals surface area contributed by atoms with Crippen molar-refractivity contribution in [1.29, 1.82) is 0 Å². The third-order valence-electron chi connectivity index (χ3n) is 7.53. The number of ether oxygens (including phenoxy) is 3. The zero-order valence-electron chi connectivity index (χ0n) is 23.7. The minimum absolute atomic E-state index is 0.0119. The average molecular weight is 619 g/mol. The van der Waals surface area contributed by atoms with Crippen LogP contribution >= 0.6 is 0 Å². The molecule has 1 atom stereocenters. The van der Waals surface area contributed by atoms with Crippen molar-refractivity contribution in [2.75, 3.05) is 19.9 Å². The molecule has 2 aliphatic rings. The van der Waals surface area contributed by atoms with E-state index >= 15 is 0 Å². The first kappa shape index (κ1) is 32.2. The van der Waals surface area contributed by atoms with Gasteiger partial charge in [0.15, 0.2) is 11.5 Å². The number of imide groups is 1. The number of alkyl halides is 6. The number of rotatable bonds is 11. The normalized spacial score (nSPS) is 18.9. The Labute approximate surface area is 243 Å². The molecule has 1 fully saturated rings. The fourth-order valence-corrected chi connectivity index (χ4v) is 5.22. The number of benzene rings is 2. The summed E-state index contributed by atoms with van der Waals surface area (Å²) >= 11 is 0. The summed E-state index contributed by atoms with van der Waals surface area (Å²) in [6, 6.07) is 6.65. The smallest absolute Gasteiger partial charge is 0.430 e. The first-order chi connectivity index (χ1) is 20.0. The quantitative estimate of drug-likeness (QED) is 0.184. The monoisotopic (exact) mass is 618 g/mol. The summed E-state index contributed by atoms with van der Waals surface area (Å²) in [6.07, 6.45) is -11.0. The van der Waals surface area contributed by atoms with E-state index in [4.69, 9.17) is 14.2 Å². The molecule has 0 saturated carbocycles. The van der Waals surface area contributed by atoms with Crippen LogP contribution in [-0.2, 0) is 22.4 Å². The highest BCUT2D eigenvalue weighted by Gasteiger charge is 2.71. The van der Waals surface area contributed by atoms with Crippen LogP contribution in [0, 0.1) is 5.92 Å². The largest absolute Gasteiger partial charge is 0.493 e. The molecular weight excluding hydrogens is 586 g/mol. The van der Waals surface area contributed by atoms with E-state index in [-0.39, 0.29) is 50.0 Å².